The lowest BCUT2D eigenvalue weighted by Gasteiger charge is -2.70. The minimum Gasteiger partial charge on any atom is -0.350 e. The summed E-state index contributed by atoms with van der Waals surface area (Å²) >= 11 is 0. The van der Waals surface area contributed by atoms with E-state index >= 15 is 0 Å². The van der Waals surface area contributed by atoms with Gasteiger partial charge in [0.2, 0.25) is 0 Å². The van der Waals surface area contributed by atoms with Crippen molar-refractivity contribution in [3.8, 4) is 0 Å². The molecule has 9 aliphatic rings. The zero-order valence-corrected chi connectivity index (χ0v) is 18.5. The Balaban J connectivity index is 1.36. The lowest BCUT2D eigenvalue weighted by molar-refractivity contribution is -0.376. The van der Waals surface area contributed by atoms with Gasteiger partial charge in [0.1, 0.15) is 0 Å². The predicted molar refractivity (Wildman–Crippen MR) is 111 cm³/mol. The number of carbonyl (C=O) groups excluding carboxylic acids is 1. The maximum atomic E-state index is 12.1. The lowest BCUT2D eigenvalue weighted by atomic mass is 9.39. The fraction of sp³-hybridized carbons (Fsp3) is 0.962. The molecule has 0 N–H and O–H groups in total. The van der Waals surface area contributed by atoms with E-state index in [1.165, 1.54) is 77.0 Å². The maximum absolute atomic E-state index is 12.1. The first kappa shape index (κ1) is 19.1. The first-order valence-electron chi connectivity index (χ1n) is 13.0. The minimum absolute atomic E-state index is 0.0977. The Morgan fingerprint density at radius 1 is 0.733 bits per heavy atom. The molecule has 0 amide bonds. The topological polar surface area (TPSA) is 44.8 Å². The van der Waals surface area contributed by atoms with Gasteiger partial charge in [-0.25, -0.2) is 0 Å². The van der Waals surface area contributed by atoms with Crippen LogP contribution in [0.4, 0.5) is 0 Å². The zero-order chi connectivity index (χ0) is 20.1. The Morgan fingerprint density at radius 2 is 1.13 bits per heavy atom. The summed E-state index contributed by atoms with van der Waals surface area (Å²) in [6.45, 7) is 2.57. The van der Waals surface area contributed by atoms with E-state index in [9.17, 15) is 4.79 Å². The SMILES string of the molecule is CCOC1OC(C23CC4CC(CC(C4)C2)C3)(C23CC4CC(CC(C4)C2)C3)OC1C=O. The molecule has 0 spiro atoms. The summed E-state index contributed by atoms with van der Waals surface area (Å²) in [4.78, 5) is 12.1. The van der Waals surface area contributed by atoms with Crippen molar-refractivity contribution in [1.29, 1.82) is 0 Å². The number of hydrogen-bond donors (Lipinski definition) is 0. The highest BCUT2D eigenvalue weighted by Gasteiger charge is 2.75. The van der Waals surface area contributed by atoms with Gasteiger partial charge in [0.25, 0.3) is 0 Å². The van der Waals surface area contributed by atoms with Gasteiger partial charge >= 0.3 is 0 Å². The van der Waals surface area contributed by atoms with E-state index in [1.54, 1.807) is 0 Å². The summed E-state index contributed by atoms with van der Waals surface area (Å²) in [5.41, 5.74) is 0.195. The number of ether oxygens (including phenoxy) is 3. The molecule has 4 nitrogen and oxygen atoms in total. The van der Waals surface area contributed by atoms with Crippen LogP contribution >= 0.6 is 0 Å². The van der Waals surface area contributed by atoms with E-state index in [0.29, 0.717) is 6.61 Å². The van der Waals surface area contributed by atoms with Crippen molar-refractivity contribution < 1.29 is 19.0 Å². The molecule has 8 aliphatic carbocycles. The molecule has 0 aromatic carbocycles. The molecule has 8 saturated carbocycles. The van der Waals surface area contributed by atoms with E-state index in [-0.39, 0.29) is 10.8 Å². The van der Waals surface area contributed by atoms with Crippen LogP contribution in [0, 0.1) is 46.3 Å². The third-order valence-corrected chi connectivity index (χ3v) is 10.8. The van der Waals surface area contributed by atoms with Crippen LogP contribution in [0.25, 0.3) is 0 Å². The van der Waals surface area contributed by atoms with E-state index in [4.69, 9.17) is 14.2 Å². The van der Waals surface area contributed by atoms with E-state index in [0.717, 1.165) is 41.8 Å². The van der Waals surface area contributed by atoms with Gasteiger partial charge in [0, 0.05) is 17.4 Å². The van der Waals surface area contributed by atoms with Gasteiger partial charge in [0.15, 0.2) is 24.5 Å². The van der Waals surface area contributed by atoms with Gasteiger partial charge < -0.3 is 19.0 Å². The molecule has 1 saturated heterocycles. The van der Waals surface area contributed by atoms with Crippen LogP contribution < -0.4 is 0 Å². The summed E-state index contributed by atoms with van der Waals surface area (Å²) in [5, 5.41) is 0. The van der Waals surface area contributed by atoms with Crippen LogP contribution in [0.15, 0.2) is 0 Å². The van der Waals surface area contributed by atoms with Crippen LogP contribution in [0.5, 0.6) is 0 Å². The fourth-order valence-corrected chi connectivity index (χ4v) is 11.0. The van der Waals surface area contributed by atoms with E-state index < -0.39 is 18.2 Å². The second kappa shape index (κ2) is 6.32. The molecule has 8 bridgehead atoms. The molecule has 0 aromatic rings. The number of carbonyl (C=O) groups is 1. The molecule has 0 radical (unpaired) electrons. The Kier molecular flexibility index (Phi) is 4.02. The van der Waals surface area contributed by atoms with Crippen LogP contribution in [0.2, 0.25) is 0 Å². The summed E-state index contributed by atoms with van der Waals surface area (Å²) in [6.07, 6.45) is 15.9. The quantitative estimate of drug-likeness (QED) is 0.588. The predicted octanol–water partition coefficient (Wildman–Crippen LogP) is 5.09. The van der Waals surface area contributed by atoms with Crippen LogP contribution in [-0.2, 0) is 19.0 Å². The molecule has 9 fully saturated rings. The van der Waals surface area contributed by atoms with Crippen molar-refractivity contribution in [3.05, 3.63) is 0 Å². The van der Waals surface area contributed by atoms with Gasteiger partial charge in [-0.1, -0.05) is 0 Å². The zero-order valence-electron chi connectivity index (χ0n) is 18.5. The smallest absolute Gasteiger partial charge is 0.194 e. The summed E-state index contributed by atoms with van der Waals surface area (Å²) in [7, 11) is 0. The first-order chi connectivity index (χ1) is 14.6. The van der Waals surface area contributed by atoms with E-state index in [1.807, 2.05) is 6.92 Å². The van der Waals surface area contributed by atoms with Crippen molar-refractivity contribution in [2.45, 2.75) is 102 Å². The molecule has 1 aliphatic heterocycles. The fourth-order valence-electron chi connectivity index (χ4n) is 11.0. The van der Waals surface area contributed by atoms with Crippen molar-refractivity contribution in [3.63, 3.8) is 0 Å². The summed E-state index contributed by atoms with van der Waals surface area (Å²) in [5.74, 6) is 4.46. The average molecular weight is 415 g/mol. The Hall–Kier alpha value is -0.450. The second-order valence-corrected chi connectivity index (χ2v) is 12.7. The highest BCUT2D eigenvalue weighted by molar-refractivity contribution is 5.57. The highest BCUT2D eigenvalue weighted by atomic mass is 16.8. The lowest BCUT2D eigenvalue weighted by Crippen LogP contribution is -2.69. The van der Waals surface area contributed by atoms with Crippen LogP contribution in [-0.4, -0.2) is 31.1 Å². The van der Waals surface area contributed by atoms with Gasteiger partial charge in [-0.05, 0) is 119 Å². The third-order valence-electron chi connectivity index (χ3n) is 10.8. The summed E-state index contributed by atoms with van der Waals surface area (Å²) in [6, 6.07) is 0. The average Bonchev–Trinajstić information content (AvgIpc) is 3.07. The van der Waals surface area contributed by atoms with Crippen molar-refractivity contribution in [2.75, 3.05) is 6.61 Å². The molecule has 30 heavy (non-hydrogen) atoms. The Morgan fingerprint density at radius 3 is 1.47 bits per heavy atom. The monoisotopic (exact) mass is 414 g/mol. The van der Waals surface area contributed by atoms with Crippen molar-refractivity contribution in [1.82, 2.24) is 0 Å². The van der Waals surface area contributed by atoms with Gasteiger partial charge in [0.05, 0.1) is 0 Å². The van der Waals surface area contributed by atoms with Gasteiger partial charge in [-0.15, -0.1) is 0 Å². The molecule has 4 heteroatoms. The number of rotatable bonds is 5. The van der Waals surface area contributed by atoms with Gasteiger partial charge in [-0.2, -0.15) is 0 Å². The Labute approximate surface area is 180 Å². The van der Waals surface area contributed by atoms with Gasteiger partial charge in [-0.3, -0.25) is 0 Å². The molecular formula is C26H38O4. The normalized spacial score (nSPS) is 60.4. The maximum Gasteiger partial charge on any atom is 0.194 e. The summed E-state index contributed by atoms with van der Waals surface area (Å²) < 4.78 is 20.1. The second-order valence-electron chi connectivity index (χ2n) is 12.7. The molecular weight excluding hydrogens is 376 g/mol. The van der Waals surface area contributed by atoms with Crippen molar-refractivity contribution in [2.24, 2.45) is 46.3 Å². The largest absolute Gasteiger partial charge is 0.350 e. The van der Waals surface area contributed by atoms with Crippen LogP contribution in [0.3, 0.4) is 0 Å². The molecule has 9 rings (SSSR count). The molecule has 2 atom stereocenters. The molecule has 166 valence electrons. The van der Waals surface area contributed by atoms with Crippen molar-refractivity contribution >= 4 is 6.29 Å². The number of aldehydes is 1. The first-order valence-corrected chi connectivity index (χ1v) is 13.0. The minimum atomic E-state index is -0.600. The number of hydrogen-bond acceptors (Lipinski definition) is 4. The Bertz CT molecular complexity index is 614. The van der Waals surface area contributed by atoms with E-state index in [2.05, 4.69) is 0 Å². The van der Waals surface area contributed by atoms with Crippen LogP contribution in [0.1, 0.15) is 84.0 Å². The molecule has 2 unspecified atom stereocenters. The third kappa shape index (κ3) is 2.37. The molecule has 1 heterocycles. The standard InChI is InChI=1S/C26H38O4/c1-2-28-23-22(15-27)29-26(30-23,24-9-16-3-17(10-24)5-18(4-16)11-24)25-12-19-6-20(13-25)8-21(7-19)14-25/h15-23H,2-14H2,1H3. The molecule has 0 aromatic heterocycles. The highest BCUT2D eigenvalue weighted by Crippen LogP contribution is 2.75.